The summed E-state index contributed by atoms with van der Waals surface area (Å²) >= 11 is 1.70. The van der Waals surface area contributed by atoms with E-state index in [-0.39, 0.29) is 0 Å². The SMILES string of the molecule is NCCCCCCCCCCc1cscn1. The lowest BCUT2D eigenvalue weighted by atomic mass is 10.1. The van der Waals surface area contributed by atoms with Gasteiger partial charge in [-0.25, -0.2) is 4.98 Å². The molecule has 0 bridgehead atoms. The van der Waals surface area contributed by atoms with Gasteiger partial charge in [0.1, 0.15) is 0 Å². The van der Waals surface area contributed by atoms with Crippen molar-refractivity contribution in [2.45, 2.75) is 57.8 Å². The molecule has 1 aromatic heterocycles. The van der Waals surface area contributed by atoms with Gasteiger partial charge in [-0.05, 0) is 25.8 Å². The monoisotopic (exact) mass is 240 g/mol. The van der Waals surface area contributed by atoms with Crippen LogP contribution in [0.1, 0.15) is 57.1 Å². The third-order valence-corrected chi connectivity index (χ3v) is 3.51. The first-order valence-electron chi connectivity index (χ1n) is 6.50. The Morgan fingerprint density at radius 1 is 0.938 bits per heavy atom. The number of nitrogens with two attached hydrogens (primary N) is 1. The van der Waals surface area contributed by atoms with Gasteiger partial charge in [0, 0.05) is 5.38 Å². The number of aromatic nitrogens is 1. The van der Waals surface area contributed by atoms with E-state index in [1.807, 2.05) is 5.51 Å². The lowest BCUT2D eigenvalue weighted by Crippen LogP contribution is -1.97. The van der Waals surface area contributed by atoms with Crippen molar-refractivity contribution >= 4 is 11.3 Å². The highest BCUT2D eigenvalue weighted by molar-refractivity contribution is 7.07. The van der Waals surface area contributed by atoms with Crippen LogP contribution in [0, 0.1) is 0 Å². The van der Waals surface area contributed by atoms with E-state index in [4.69, 9.17) is 5.73 Å². The van der Waals surface area contributed by atoms with E-state index in [0.29, 0.717) is 0 Å². The predicted octanol–water partition coefficient (Wildman–Crippen LogP) is 3.77. The van der Waals surface area contributed by atoms with E-state index in [1.165, 1.54) is 57.1 Å². The van der Waals surface area contributed by atoms with E-state index >= 15 is 0 Å². The molecule has 0 spiro atoms. The van der Waals surface area contributed by atoms with Crippen LogP contribution in [0.25, 0.3) is 0 Å². The summed E-state index contributed by atoms with van der Waals surface area (Å²) in [5, 5.41) is 2.16. The Hall–Kier alpha value is -0.410. The Balaban J connectivity index is 1.78. The van der Waals surface area contributed by atoms with Gasteiger partial charge in [-0.15, -0.1) is 11.3 Å². The Morgan fingerprint density at radius 2 is 1.56 bits per heavy atom. The van der Waals surface area contributed by atoms with E-state index in [9.17, 15) is 0 Å². The number of hydrogen-bond donors (Lipinski definition) is 1. The van der Waals surface area contributed by atoms with Crippen LogP contribution in [-0.4, -0.2) is 11.5 Å². The lowest BCUT2D eigenvalue weighted by Gasteiger charge is -2.01. The smallest absolute Gasteiger partial charge is 0.0794 e. The molecule has 1 rings (SSSR count). The summed E-state index contributed by atoms with van der Waals surface area (Å²) in [5.41, 5.74) is 8.64. The molecule has 1 aromatic rings. The fourth-order valence-corrected chi connectivity index (χ4v) is 2.47. The van der Waals surface area contributed by atoms with Crippen molar-refractivity contribution in [3.63, 3.8) is 0 Å². The highest BCUT2D eigenvalue weighted by Crippen LogP contribution is 2.11. The zero-order valence-electron chi connectivity index (χ0n) is 10.2. The Morgan fingerprint density at radius 3 is 2.12 bits per heavy atom. The van der Waals surface area contributed by atoms with E-state index in [1.54, 1.807) is 11.3 Å². The normalized spacial score (nSPS) is 10.8. The number of rotatable bonds is 10. The van der Waals surface area contributed by atoms with Crippen LogP contribution in [0.4, 0.5) is 0 Å². The van der Waals surface area contributed by atoms with Crippen LogP contribution in [-0.2, 0) is 6.42 Å². The van der Waals surface area contributed by atoms with E-state index in [2.05, 4.69) is 10.4 Å². The Bertz CT molecular complexity index is 234. The topological polar surface area (TPSA) is 38.9 Å². The maximum atomic E-state index is 5.45. The zero-order chi connectivity index (χ0) is 11.5. The molecule has 2 nitrogen and oxygen atoms in total. The van der Waals surface area contributed by atoms with Gasteiger partial charge in [-0.1, -0.05) is 38.5 Å². The summed E-state index contributed by atoms with van der Waals surface area (Å²) in [5.74, 6) is 0. The van der Waals surface area contributed by atoms with E-state index < -0.39 is 0 Å². The van der Waals surface area contributed by atoms with Crippen molar-refractivity contribution in [3.8, 4) is 0 Å². The number of hydrogen-bond acceptors (Lipinski definition) is 3. The largest absolute Gasteiger partial charge is 0.330 e. The van der Waals surface area contributed by atoms with Gasteiger partial charge >= 0.3 is 0 Å². The van der Waals surface area contributed by atoms with Gasteiger partial charge in [0.25, 0.3) is 0 Å². The summed E-state index contributed by atoms with van der Waals surface area (Å²) in [6.07, 6.45) is 11.9. The fraction of sp³-hybridized carbons (Fsp3) is 0.769. The standard InChI is InChI=1S/C13H24N2S/c14-10-8-6-4-2-1-3-5-7-9-13-11-16-12-15-13/h11-12H,1-10,14H2. The first kappa shape index (κ1) is 13.7. The molecule has 2 N–H and O–H groups in total. The maximum Gasteiger partial charge on any atom is 0.0794 e. The first-order valence-corrected chi connectivity index (χ1v) is 7.45. The zero-order valence-corrected chi connectivity index (χ0v) is 11.0. The van der Waals surface area contributed by atoms with Crippen LogP contribution < -0.4 is 5.73 Å². The number of unbranched alkanes of at least 4 members (excludes halogenated alkanes) is 7. The third kappa shape index (κ3) is 6.96. The molecule has 0 saturated heterocycles. The Labute approximate surface area is 103 Å². The Kier molecular flexibility index (Phi) is 8.35. The maximum absolute atomic E-state index is 5.45. The van der Waals surface area contributed by atoms with Gasteiger partial charge in [-0.3, -0.25) is 0 Å². The number of thiazole rings is 1. The average molecular weight is 240 g/mol. The second-order valence-corrected chi connectivity index (χ2v) is 5.07. The second kappa shape index (κ2) is 9.79. The minimum atomic E-state index is 0.855. The highest BCUT2D eigenvalue weighted by atomic mass is 32.1. The summed E-state index contributed by atoms with van der Waals surface area (Å²) in [6.45, 7) is 0.855. The average Bonchev–Trinajstić information content (AvgIpc) is 2.80. The first-order chi connectivity index (χ1) is 7.93. The molecule has 0 unspecified atom stereocenters. The molecule has 0 saturated carbocycles. The lowest BCUT2D eigenvalue weighted by molar-refractivity contribution is 0.569. The molecule has 0 aliphatic heterocycles. The van der Waals surface area contributed by atoms with Crippen molar-refractivity contribution in [1.82, 2.24) is 4.98 Å². The molecule has 0 aliphatic rings. The number of aryl methyl sites for hydroxylation is 1. The van der Waals surface area contributed by atoms with Crippen molar-refractivity contribution < 1.29 is 0 Å². The van der Waals surface area contributed by atoms with Crippen LogP contribution in [0.3, 0.4) is 0 Å². The van der Waals surface area contributed by atoms with Crippen LogP contribution in [0.5, 0.6) is 0 Å². The molecule has 92 valence electrons. The molecule has 0 radical (unpaired) electrons. The van der Waals surface area contributed by atoms with Crippen LogP contribution in [0.2, 0.25) is 0 Å². The van der Waals surface area contributed by atoms with Gasteiger partial charge in [0.15, 0.2) is 0 Å². The fourth-order valence-electron chi connectivity index (χ4n) is 1.87. The minimum absolute atomic E-state index is 0.855. The molecule has 0 fully saturated rings. The summed E-state index contributed by atoms with van der Waals surface area (Å²) in [7, 11) is 0. The molecule has 16 heavy (non-hydrogen) atoms. The summed E-state index contributed by atoms with van der Waals surface area (Å²) < 4.78 is 0. The quantitative estimate of drug-likeness (QED) is 0.632. The molecule has 0 aromatic carbocycles. The molecular weight excluding hydrogens is 216 g/mol. The van der Waals surface area contributed by atoms with Crippen LogP contribution in [0.15, 0.2) is 10.9 Å². The highest BCUT2D eigenvalue weighted by Gasteiger charge is 1.95. The molecule has 3 heteroatoms. The minimum Gasteiger partial charge on any atom is -0.330 e. The van der Waals surface area contributed by atoms with Crippen molar-refractivity contribution in [2.75, 3.05) is 6.54 Å². The summed E-state index contributed by atoms with van der Waals surface area (Å²) in [4.78, 5) is 4.29. The molecule has 0 atom stereocenters. The van der Waals surface area contributed by atoms with Gasteiger partial charge in [-0.2, -0.15) is 0 Å². The predicted molar refractivity (Wildman–Crippen MR) is 71.8 cm³/mol. The molecule has 1 heterocycles. The molecule has 0 amide bonds. The van der Waals surface area contributed by atoms with Crippen LogP contribution >= 0.6 is 11.3 Å². The third-order valence-electron chi connectivity index (χ3n) is 2.87. The summed E-state index contributed by atoms with van der Waals surface area (Å²) in [6, 6.07) is 0. The van der Waals surface area contributed by atoms with Gasteiger partial charge in [0.2, 0.25) is 0 Å². The molecule has 0 aliphatic carbocycles. The van der Waals surface area contributed by atoms with E-state index in [0.717, 1.165) is 13.0 Å². The van der Waals surface area contributed by atoms with Crippen molar-refractivity contribution in [2.24, 2.45) is 5.73 Å². The van der Waals surface area contributed by atoms with Gasteiger partial charge in [0.05, 0.1) is 11.2 Å². The second-order valence-electron chi connectivity index (χ2n) is 4.35. The van der Waals surface area contributed by atoms with Gasteiger partial charge < -0.3 is 5.73 Å². The molecular formula is C13H24N2S. The van der Waals surface area contributed by atoms with Crippen molar-refractivity contribution in [3.05, 3.63) is 16.6 Å². The van der Waals surface area contributed by atoms with Crippen molar-refractivity contribution in [1.29, 1.82) is 0 Å². The number of nitrogens with zero attached hydrogens (tertiary/aromatic N) is 1.